The Kier molecular flexibility index (Phi) is 6.66. The SMILES string of the molecule is CC(/C=C/c1ccco1)=N/NC(=O)COc1ccc(Cl)cc1I. The van der Waals surface area contributed by atoms with Crippen LogP contribution < -0.4 is 10.2 Å². The first kappa shape index (κ1) is 17.6. The number of rotatable bonds is 6. The lowest BCUT2D eigenvalue weighted by molar-refractivity contribution is -0.123. The number of furan rings is 1. The minimum atomic E-state index is -0.346. The number of nitrogens with zero attached hydrogens (tertiary/aromatic N) is 1. The fraction of sp³-hybridized carbons (Fsp3) is 0.125. The predicted molar refractivity (Wildman–Crippen MR) is 98.7 cm³/mol. The number of hydrazone groups is 1. The van der Waals surface area contributed by atoms with Gasteiger partial charge in [0.25, 0.3) is 5.91 Å². The molecule has 1 aromatic carbocycles. The topological polar surface area (TPSA) is 63.8 Å². The maximum absolute atomic E-state index is 11.7. The Bertz CT molecular complexity index is 727. The minimum absolute atomic E-state index is 0.129. The molecule has 0 fully saturated rings. The first-order valence-electron chi connectivity index (χ1n) is 6.67. The lowest BCUT2D eigenvalue weighted by atomic mass is 10.3. The van der Waals surface area contributed by atoms with Crippen molar-refractivity contribution >= 4 is 51.9 Å². The van der Waals surface area contributed by atoms with Gasteiger partial charge in [0.05, 0.1) is 15.5 Å². The molecule has 0 aliphatic heterocycles. The maximum Gasteiger partial charge on any atom is 0.277 e. The Morgan fingerprint density at radius 1 is 1.48 bits per heavy atom. The Morgan fingerprint density at radius 2 is 2.30 bits per heavy atom. The van der Waals surface area contributed by atoms with Gasteiger partial charge in [-0.15, -0.1) is 0 Å². The zero-order valence-electron chi connectivity index (χ0n) is 12.3. The fourth-order valence-electron chi connectivity index (χ4n) is 1.54. The lowest BCUT2D eigenvalue weighted by Crippen LogP contribution is -2.25. The summed E-state index contributed by atoms with van der Waals surface area (Å²) in [4.78, 5) is 11.7. The van der Waals surface area contributed by atoms with Crippen molar-refractivity contribution in [1.82, 2.24) is 5.43 Å². The Morgan fingerprint density at radius 3 is 3.00 bits per heavy atom. The zero-order chi connectivity index (χ0) is 16.7. The third-order valence-electron chi connectivity index (χ3n) is 2.64. The maximum atomic E-state index is 11.7. The van der Waals surface area contributed by atoms with E-state index in [1.54, 1.807) is 49.6 Å². The van der Waals surface area contributed by atoms with E-state index < -0.39 is 0 Å². The van der Waals surface area contributed by atoms with E-state index in [1.807, 2.05) is 6.07 Å². The van der Waals surface area contributed by atoms with E-state index in [-0.39, 0.29) is 12.5 Å². The molecule has 1 heterocycles. The van der Waals surface area contributed by atoms with E-state index in [4.69, 9.17) is 20.8 Å². The zero-order valence-corrected chi connectivity index (χ0v) is 15.2. The van der Waals surface area contributed by atoms with Crippen molar-refractivity contribution in [2.45, 2.75) is 6.92 Å². The fourth-order valence-corrected chi connectivity index (χ4v) is 2.57. The van der Waals surface area contributed by atoms with Crippen molar-refractivity contribution in [2.24, 2.45) is 5.10 Å². The highest BCUT2D eigenvalue weighted by molar-refractivity contribution is 14.1. The van der Waals surface area contributed by atoms with Crippen LogP contribution in [0.15, 0.2) is 52.2 Å². The Labute approximate surface area is 152 Å². The Hall–Kier alpha value is -1.80. The van der Waals surface area contributed by atoms with Gasteiger partial charge in [-0.05, 0) is 72.0 Å². The van der Waals surface area contributed by atoms with Crippen molar-refractivity contribution in [1.29, 1.82) is 0 Å². The van der Waals surface area contributed by atoms with Gasteiger partial charge in [0.1, 0.15) is 11.5 Å². The summed E-state index contributed by atoms with van der Waals surface area (Å²) in [6.07, 6.45) is 5.09. The second kappa shape index (κ2) is 8.73. The van der Waals surface area contributed by atoms with Gasteiger partial charge in [-0.3, -0.25) is 4.79 Å². The van der Waals surface area contributed by atoms with E-state index >= 15 is 0 Å². The van der Waals surface area contributed by atoms with Gasteiger partial charge in [0.2, 0.25) is 0 Å². The summed E-state index contributed by atoms with van der Waals surface area (Å²) in [7, 11) is 0. The average Bonchev–Trinajstić information content (AvgIpc) is 3.03. The molecule has 2 aromatic rings. The number of allylic oxidation sites excluding steroid dienone is 1. The third-order valence-corrected chi connectivity index (χ3v) is 3.72. The summed E-state index contributed by atoms with van der Waals surface area (Å²) in [5.41, 5.74) is 3.06. The van der Waals surface area contributed by atoms with Gasteiger partial charge < -0.3 is 9.15 Å². The summed E-state index contributed by atoms with van der Waals surface area (Å²) in [6.45, 7) is 1.64. The largest absolute Gasteiger partial charge is 0.483 e. The van der Waals surface area contributed by atoms with Crippen LogP contribution in [0.2, 0.25) is 5.02 Å². The number of carbonyl (C=O) groups excluding carboxylic acids is 1. The quantitative estimate of drug-likeness (QED) is 0.414. The van der Waals surface area contributed by atoms with Crippen molar-refractivity contribution < 1.29 is 13.9 Å². The minimum Gasteiger partial charge on any atom is -0.483 e. The van der Waals surface area contributed by atoms with Gasteiger partial charge in [0, 0.05) is 5.02 Å². The van der Waals surface area contributed by atoms with Crippen LogP contribution in [-0.4, -0.2) is 18.2 Å². The first-order chi connectivity index (χ1) is 11.0. The molecule has 0 aliphatic carbocycles. The Balaban J connectivity index is 1.81. The molecule has 0 saturated heterocycles. The summed E-state index contributed by atoms with van der Waals surface area (Å²) in [5.74, 6) is 0.969. The van der Waals surface area contributed by atoms with E-state index in [0.717, 1.165) is 3.57 Å². The summed E-state index contributed by atoms with van der Waals surface area (Å²) in [5, 5.41) is 4.58. The molecular weight excluding hydrogens is 431 g/mol. The molecule has 2 rings (SSSR count). The molecule has 0 aliphatic rings. The predicted octanol–water partition coefficient (Wildman–Crippen LogP) is 4.12. The normalized spacial score (nSPS) is 11.7. The summed E-state index contributed by atoms with van der Waals surface area (Å²) in [6, 6.07) is 8.81. The van der Waals surface area contributed by atoms with E-state index in [9.17, 15) is 4.79 Å². The molecule has 5 nitrogen and oxygen atoms in total. The molecule has 0 radical (unpaired) electrons. The molecule has 1 aromatic heterocycles. The second-order valence-electron chi connectivity index (χ2n) is 4.50. The number of hydrogen-bond donors (Lipinski definition) is 1. The van der Waals surface area contributed by atoms with Crippen molar-refractivity contribution in [3.8, 4) is 5.75 Å². The van der Waals surface area contributed by atoms with E-state index in [0.29, 0.717) is 22.2 Å². The van der Waals surface area contributed by atoms with Gasteiger partial charge in [-0.2, -0.15) is 5.10 Å². The number of halogens is 2. The number of ether oxygens (including phenoxy) is 1. The average molecular weight is 445 g/mol. The van der Waals surface area contributed by atoms with Gasteiger partial charge >= 0.3 is 0 Å². The van der Waals surface area contributed by atoms with Gasteiger partial charge in [-0.25, -0.2) is 5.43 Å². The van der Waals surface area contributed by atoms with Crippen LogP contribution in [0.1, 0.15) is 12.7 Å². The molecular formula is C16H14ClIN2O3. The van der Waals surface area contributed by atoms with Crippen LogP contribution in [0.4, 0.5) is 0 Å². The van der Waals surface area contributed by atoms with Gasteiger partial charge in [-0.1, -0.05) is 11.6 Å². The van der Waals surface area contributed by atoms with Crippen LogP contribution >= 0.6 is 34.2 Å². The molecule has 0 unspecified atom stereocenters. The number of amides is 1. The molecule has 1 N–H and O–H groups in total. The first-order valence-corrected chi connectivity index (χ1v) is 8.13. The van der Waals surface area contributed by atoms with Crippen LogP contribution in [0.25, 0.3) is 6.08 Å². The summed E-state index contributed by atoms with van der Waals surface area (Å²) >= 11 is 7.95. The second-order valence-corrected chi connectivity index (χ2v) is 6.10. The smallest absolute Gasteiger partial charge is 0.277 e. The standard InChI is InChI=1S/C16H14ClIN2O3/c1-11(4-6-13-3-2-8-22-13)19-20-16(21)10-23-15-7-5-12(17)9-14(15)18/h2-9H,10H2,1H3,(H,20,21)/b6-4+,19-11-. The van der Waals surface area contributed by atoms with E-state index in [2.05, 4.69) is 33.1 Å². The molecule has 0 spiro atoms. The lowest BCUT2D eigenvalue weighted by Gasteiger charge is -2.07. The van der Waals surface area contributed by atoms with Gasteiger partial charge in [0.15, 0.2) is 6.61 Å². The summed E-state index contributed by atoms with van der Waals surface area (Å²) < 4.78 is 11.4. The number of nitrogens with one attached hydrogen (secondary N) is 1. The molecule has 0 bridgehead atoms. The molecule has 0 atom stereocenters. The molecule has 7 heteroatoms. The van der Waals surface area contributed by atoms with Crippen LogP contribution in [0.5, 0.6) is 5.75 Å². The monoisotopic (exact) mass is 444 g/mol. The highest BCUT2D eigenvalue weighted by Crippen LogP contribution is 2.24. The van der Waals surface area contributed by atoms with Crippen LogP contribution in [0.3, 0.4) is 0 Å². The van der Waals surface area contributed by atoms with Crippen LogP contribution in [0, 0.1) is 3.57 Å². The number of hydrogen-bond acceptors (Lipinski definition) is 4. The van der Waals surface area contributed by atoms with Crippen molar-refractivity contribution in [3.63, 3.8) is 0 Å². The molecule has 23 heavy (non-hydrogen) atoms. The van der Waals surface area contributed by atoms with E-state index in [1.165, 1.54) is 0 Å². The molecule has 1 amide bonds. The van der Waals surface area contributed by atoms with Crippen molar-refractivity contribution in [3.05, 3.63) is 57.0 Å². The molecule has 120 valence electrons. The van der Waals surface area contributed by atoms with Crippen molar-refractivity contribution in [2.75, 3.05) is 6.61 Å². The highest BCUT2D eigenvalue weighted by Gasteiger charge is 2.05. The van der Waals surface area contributed by atoms with Crippen LogP contribution in [-0.2, 0) is 4.79 Å². The number of benzene rings is 1. The third kappa shape index (κ3) is 6.07. The highest BCUT2D eigenvalue weighted by atomic mass is 127. The molecule has 0 saturated carbocycles. The number of carbonyl (C=O) groups is 1.